The number of rotatable bonds is 6. The summed E-state index contributed by atoms with van der Waals surface area (Å²) in [4.78, 5) is 39.9. The van der Waals surface area contributed by atoms with E-state index >= 15 is 0 Å². The Balaban J connectivity index is 1.47. The molecule has 7 nitrogen and oxygen atoms in total. The van der Waals surface area contributed by atoms with E-state index in [0.29, 0.717) is 37.4 Å². The number of nitrogens with one attached hydrogen (secondary N) is 1. The lowest BCUT2D eigenvalue weighted by molar-refractivity contribution is -0.134. The summed E-state index contributed by atoms with van der Waals surface area (Å²) in [5, 5.41) is 2.70. The van der Waals surface area contributed by atoms with E-state index in [1.165, 1.54) is 6.92 Å². The monoisotopic (exact) mass is 395 g/mol. The number of ketones is 1. The molecule has 0 bridgehead atoms. The minimum Gasteiger partial charge on any atom is -0.497 e. The van der Waals surface area contributed by atoms with Gasteiger partial charge in [0.15, 0.2) is 5.78 Å². The Morgan fingerprint density at radius 1 is 0.931 bits per heavy atom. The normalized spacial score (nSPS) is 13.7. The van der Waals surface area contributed by atoms with Gasteiger partial charge in [-0.25, -0.2) is 0 Å². The summed E-state index contributed by atoms with van der Waals surface area (Å²) in [6.07, 6.45) is -0.197. The van der Waals surface area contributed by atoms with Crippen LogP contribution in [0.4, 0.5) is 11.4 Å². The number of hydrogen-bond donors (Lipinski definition) is 1. The third-order valence-corrected chi connectivity index (χ3v) is 4.96. The number of piperazine rings is 1. The van der Waals surface area contributed by atoms with Crippen LogP contribution in [-0.2, 0) is 9.59 Å². The fourth-order valence-electron chi connectivity index (χ4n) is 3.25. The van der Waals surface area contributed by atoms with Crippen molar-refractivity contribution in [2.24, 2.45) is 0 Å². The molecule has 2 amide bonds. The predicted octanol–water partition coefficient (Wildman–Crippen LogP) is 2.58. The van der Waals surface area contributed by atoms with E-state index in [-0.39, 0.29) is 24.0 Å². The number of hydrogen-bond acceptors (Lipinski definition) is 5. The summed E-state index contributed by atoms with van der Waals surface area (Å²) in [6, 6.07) is 14.5. The molecule has 29 heavy (non-hydrogen) atoms. The Morgan fingerprint density at radius 3 is 2.10 bits per heavy atom. The predicted molar refractivity (Wildman–Crippen MR) is 111 cm³/mol. The van der Waals surface area contributed by atoms with Crippen LogP contribution in [0.1, 0.15) is 23.7 Å². The quantitative estimate of drug-likeness (QED) is 0.601. The van der Waals surface area contributed by atoms with E-state index in [4.69, 9.17) is 4.74 Å². The molecule has 3 rings (SSSR count). The number of methoxy groups -OCH3 is 1. The SMILES string of the molecule is COc1ccc(N2CCN(C(=O)CC(=O)Nc3ccc(C(C)=O)cc3)CC2)cc1. The Bertz CT molecular complexity index is 870. The van der Waals surface area contributed by atoms with E-state index in [2.05, 4.69) is 10.2 Å². The maximum Gasteiger partial charge on any atom is 0.233 e. The zero-order valence-electron chi connectivity index (χ0n) is 16.7. The summed E-state index contributed by atoms with van der Waals surface area (Å²) in [7, 11) is 1.64. The first-order valence-electron chi connectivity index (χ1n) is 9.54. The van der Waals surface area contributed by atoms with Crippen LogP contribution in [0.2, 0.25) is 0 Å². The number of benzene rings is 2. The van der Waals surface area contributed by atoms with Crippen LogP contribution in [0.5, 0.6) is 5.75 Å². The average molecular weight is 395 g/mol. The van der Waals surface area contributed by atoms with Gasteiger partial charge in [-0.15, -0.1) is 0 Å². The first kappa shape index (κ1) is 20.4. The van der Waals surface area contributed by atoms with Crippen molar-refractivity contribution < 1.29 is 19.1 Å². The number of ether oxygens (including phenoxy) is 1. The fraction of sp³-hybridized carbons (Fsp3) is 0.318. The van der Waals surface area contributed by atoms with Crippen LogP contribution in [0.25, 0.3) is 0 Å². The highest BCUT2D eigenvalue weighted by Gasteiger charge is 2.23. The van der Waals surface area contributed by atoms with Gasteiger partial charge in [-0.2, -0.15) is 0 Å². The van der Waals surface area contributed by atoms with E-state index in [1.54, 1.807) is 36.3 Å². The Kier molecular flexibility index (Phi) is 6.49. The minimum absolute atomic E-state index is 0.0353. The van der Waals surface area contributed by atoms with E-state index in [1.807, 2.05) is 24.3 Å². The van der Waals surface area contributed by atoms with Crippen molar-refractivity contribution >= 4 is 29.0 Å². The first-order valence-corrected chi connectivity index (χ1v) is 9.54. The van der Waals surface area contributed by atoms with Gasteiger partial charge in [0.25, 0.3) is 0 Å². The second kappa shape index (κ2) is 9.23. The Morgan fingerprint density at radius 2 is 1.55 bits per heavy atom. The van der Waals surface area contributed by atoms with Crippen LogP contribution >= 0.6 is 0 Å². The maximum atomic E-state index is 12.5. The van der Waals surface area contributed by atoms with Crippen molar-refractivity contribution in [1.82, 2.24) is 4.90 Å². The maximum absolute atomic E-state index is 12.5. The standard InChI is InChI=1S/C22H25N3O4/c1-16(26)17-3-5-18(6-4-17)23-21(27)15-22(28)25-13-11-24(12-14-25)19-7-9-20(29-2)10-8-19/h3-10H,11-15H2,1-2H3,(H,23,27). The van der Waals surface area contributed by atoms with Crippen LogP contribution in [0.15, 0.2) is 48.5 Å². The molecule has 0 aliphatic carbocycles. The second-order valence-electron chi connectivity index (χ2n) is 6.92. The molecule has 0 aromatic heterocycles. The molecule has 0 atom stereocenters. The number of Topliss-reactive ketones (excluding diaryl/α,β-unsaturated/α-hetero) is 1. The average Bonchev–Trinajstić information content (AvgIpc) is 2.74. The summed E-state index contributed by atoms with van der Waals surface area (Å²) in [6.45, 7) is 4.07. The van der Waals surface area contributed by atoms with Gasteiger partial charge in [-0.1, -0.05) is 0 Å². The number of amides is 2. The van der Waals surface area contributed by atoms with Gasteiger partial charge in [-0.05, 0) is 55.5 Å². The molecule has 2 aromatic rings. The molecule has 2 aromatic carbocycles. The topological polar surface area (TPSA) is 79.0 Å². The molecular formula is C22H25N3O4. The highest BCUT2D eigenvalue weighted by atomic mass is 16.5. The second-order valence-corrected chi connectivity index (χ2v) is 6.92. The van der Waals surface area contributed by atoms with E-state index < -0.39 is 0 Å². The zero-order chi connectivity index (χ0) is 20.8. The van der Waals surface area contributed by atoms with Crippen molar-refractivity contribution in [2.45, 2.75) is 13.3 Å². The van der Waals surface area contributed by atoms with Crippen LogP contribution < -0.4 is 15.0 Å². The molecule has 1 aliphatic rings. The lowest BCUT2D eigenvalue weighted by atomic mass is 10.1. The molecule has 0 spiro atoms. The smallest absolute Gasteiger partial charge is 0.233 e. The van der Waals surface area contributed by atoms with Crippen molar-refractivity contribution in [3.05, 3.63) is 54.1 Å². The third kappa shape index (κ3) is 5.34. The molecule has 0 unspecified atom stereocenters. The van der Waals surface area contributed by atoms with Gasteiger partial charge in [0, 0.05) is 43.1 Å². The van der Waals surface area contributed by atoms with E-state index in [9.17, 15) is 14.4 Å². The van der Waals surface area contributed by atoms with Crippen LogP contribution in [-0.4, -0.2) is 55.8 Å². The Hall–Kier alpha value is -3.35. The molecule has 1 saturated heterocycles. The number of anilines is 2. The van der Waals surface area contributed by atoms with Crippen LogP contribution in [0, 0.1) is 0 Å². The van der Waals surface area contributed by atoms with Gasteiger partial charge >= 0.3 is 0 Å². The van der Waals surface area contributed by atoms with Gasteiger partial charge in [-0.3, -0.25) is 14.4 Å². The van der Waals surface area contributed by atoms with Gasteiger partial charge < -0.3 is 19.9 Å². The molecule has 152 valence electrons. The highest BCUT2D eigenvalue weighted by molar-refractivity contribution is 6.04. The molecule has 0 radical (unpaired) electrons. The summed E-state index contributed by atoms with van der Waals surface area (Å²) in [5.74, 6) is 0.233. The molecule has 0 saturated carbocycles. The molecule has 7 heteroatoms. The molecule has 1 fully saturated rings. The first-order chi connectivity index (χ1) is 14.0. The molecule has 1 aliphatic heterocycles. The van der Waals surface area contributed by atoms with Crippen molar-refractivity contribution in [1.29, 1.82) is 0 Å². The fourth-order valence-corrected chi connectivity index (χ4v) is 3.25. The highest BCUT2D eigenvalue weighted by Crippen LogP contribution is 2.20. The van der Waals surface area contributed by atoms with Crippen molar-refractivity contribution in [2.75, 3.05) is 43.5 Å². The zero-order valence-corrected chi connectivity index (χ0v) is 16.7. The van der Waals surface area contributed by atoms with Gasteiger partial charge in [0.1, 0.15) is 12.2 Å². The third-order valence-electron chi connectivity index (χ3n) is 4.96. The van der Waals surface area contributed by atoms with Crippen molar-refractivity contribution in [3.63, 3.8) is 0 Å². The summed E-state index contributed by atoms with van der Waals surface area (Å²) >= 11 is 0. The van der Waals surface area contributed by atoms with Gasteiger partial charge in [0.2, 0.25) is 11.8 Å². The minimum atomic E-state index is -0.358. The van der Waals surface area contributed by atoms with Gasteiger partial charge in [0.05, 0.1) is 7.11 Å². The lowest BCUT2D eigenvalue weighted by Gasteiger charge is -2.36. The number of nitrogens with zero attached hydrogens (tertiary/aromatic N) is 2. The largest absolute Gasteiger partial charge is 0.497 e. The summed E-state index contributed by atoms with van der Waals surface area (Å²) < 4.78 is 5.18. The summed E-state index contributed by atoms with van der Waals surface area (Å²) in [5.41, 5.74) is 2.23. The number of carbonyl (C=O) groups is 3. The molecule has 1 N–H and O–H groups in total. The lowest BCUT2D eigenvalue weighted by Crippen LogP contribution is -2.49. The van der Waals surface area contributed by atoms with Crippen LogP contribution in [0.3, 0.4) is 0 Å². The van der Waals surface area contributed by atoms with Crippen molar-refractivity contribution in [3.8, 4) is 5.75 Å². The Labute approximate surface area is 170 Å². The number of carbonyl (C=O) groups excluding carboxylic acids is 3. The molecular weight excluding hydrogens is 370 g/mol. The molecule has 1 heterocycles. The van der Waals surface area contributed by atoms with E-state index in [0.717, 1.165) is 11.4 Å².